The van der Waals surface area contributed by atoms with Gasteiger partial charge in [-0.2, -0.15) is 0 Å². The van der Waals surface area contributed by atoms with Crippen molar-refractivity contribution in [3.63, 3.8) is 0 Å². The number of benzene rings is 1. The summed E-state index contributed by atoms with van der Waals surface area (Å²) in [7, 11) is 1.26. The summed E-state index contributed by atoms with van der Waals surface area (Å²) in [6.07, 6.45) is 0. The van der Waals surface area contributed by atoms with E-state index in [1.54, 1.807) is 0 Å². The molecule has 15 heavy (non-hydrogen) atoms. The Kier molecular flexibility index (Phi) is 3.60. The van der Waals surface area contributed by atoms with Crippen LogP contribution in [0.3, 0.4) is 0 Å². The Morgan fingerprint density at radius 1 is 1.47 bits per heavy atom. The highest BCUT2D eigenvalue weighted by Gasteiger charge is 2.22. The van der Waals surface area contributed by atoms with Crippen LogP contribution in [0, 0.1) is 10.1 Å². The lowest BCUT2D eigenvalue weighted by molar-refractivity contribution is -0.385. The fourth-order valence-corrected chi connectivity index (χ4v) is 2.13. The second kappa shape index (κ2) is 4.39. The second-order valence-electron chi connectivity index (χ2n) is 2.58. The molecule has 1 aromatic rings. The summed E-state index contributed by atoms with van der Waals surface area (Å²) in [6.45, 7) is 0. The topological polar surface area (TPSA) is 69.4 Å². The van der Waals surface area contributed by atoms with Gasteiger partial charge in [0.05, 0.1) is 12.0 Å². The normalized spacial score (nSPS) is 11.1. The molecule has 82 valence electrons. The number of halogens is 2. The van der Waals surface area contributed by atoms with E-state index >= 15 is 0 Å². The summed E-state index contributed by atoms with van der Waals surface area (Å²) in [5.41, 5.74) is -0.233. The molecule has 8 heteroatoms. The minimum Gasteiger partial charge on any atom is -0.490 e. The Bertz CT molecular complexity index is 445. The summed E-state index contributed by atoms with van der Waals surface area (Å²) in [5, 5.41) is 10.6. The fourth-order valence-electron chi connectivity index (χ4n) is 0.979. The molecule has 1 rings (SSSR count). The highest BCUT2D eigenvalue weighted by Crippen LogP contribution is 2.55. The molecule has 0 bridgehead atoms. The lowest BCUT2D eigenvalue weighted by Crippen LogP contribution is -2.01. The quantitative estimate of drug-likeness (QED) is 0.481. The number of nitrogens with zero attached hydrogens (tertiary/aromatic N) is 1. The first-order valence-electron chi connectivity index (χ1n) is 3.68. The van der Waals surface area contributed by atoms with Gasteiger partial charge in [0.15, 0.2) is 5.75 Å². The van der Waals surface area contributed by atoms with E-state index in [9.17, 15) is 14.7 Å². The smallest absolute Gasteiger partial charge is 0.310 e. The van der Waals surface area contributed by atoms with Crippen molar-refractivity contribution in [2.75, 3.05) is 7.11 Å². The number of ether oxygens (including phenoxy) is 1. The molecule has 0 saturated carbocycles. The summed E-state index contributed by atoms with van der Waals surface area (Å²) in [4.78, 5) is 9.92. The predicted octanol–water partition coefficient (Wildman–Crippen LogP) is 2.90. The number of nitro groups is 1. The molecule has 0 aromatic heterocycles. The van der Waals surface area contributed by atoms with Crippen molar-refractivity contribution in [1.29, 1.82) is 0 Å². The maximum Gasteiger partial charge on any atom is 0.310 e. The molecular weight excluding hydrogens is 264 g/mol. The van der Waals surface area contributed by atoms with Crippen LogP contribution in [0.15, 0.2) is 18.2 Å². The first kappa shape index (κ1) is 12.3. The third-order valence-corrected chi connectivity index (χ3v) is 3.71. The molecule has 0 N–H and O–H groups in total. The maximum absolute atomic E-state index is 11.3. The molecule has 0 amide bonds. The molecule has 0 aliphatic heterocycles. The van der Waals surface area contributed by atoms with E-state index in [1.165, 1.54) is 19.2 Å². The van der Waals surface area contributed by atoms with E-state index in [1.807, 2.05) is 0 Å². The van der Waals surface area contributed by atoms with E-state index in [0.29, 0.717) is 0 Å². The zero-order valence-electron chi connectivity index (χ0n) is 7.52. The van der Waals surface area contributed by atoms with Crippen LogP contribution >= 0.6 is 28.3 Å². The van der Waals surface area contributed by atoms with E-state index in [4.69, 9.17) is 27.2 Å². The van der Waals surface area contributed by atoms with Crippen LogP contribution in [0.5, 0.6) is 5.75 Å². The first-order valence-corrected chi connectivity index (χ1v) is 7.20. The van der Waals surface area contributed by atoms with Crippen molar-refractivity contribution < 1.29 is 14.2 Å². The molecule has 0 atom stereocenters. The van der Waals surface area contributed by atoms with Crippen molar-refractivity contribution in [1.82, 2.24) is 0 Å². The SMILES string of the molecule is COc1cc(P(=O)(Cl)Cl)ccc1[N+](=O)[O-]. The van der Waals surface area contributed by atoms with Gasteiger partial charge < -0.3 is 4.74 Å². The van der Waals surface area contributed by atoms with Crippen LogP contribution in [0.2, 0.25) is 0 Å². The third kappa shape index (κ3) is 2.84. The molecule has 0 heterocycles. The van der Waals surface area contributed by atoms with E-state index in [2.05, 4.69) is 0 Å². The van der Waals surface area contributed by atoms with Gasteiger partial charge in [0.25, 0.3) is 5.85 Å². The standard InChI is InChI=1S/C7H6Cl2NO4P/c1-14-7-4-5(15(8,9)13)2-3-6(7)10(11)12/h2-4H,1H3. The molecular formula is C7H6Cl2NO4P. The van der Waals surface area contributed by atoms with Crippen LogP contribution in [0.25, 0.3) is 0 Å². The molecule has 0 spiro atoms. The molecule has 0 aliphatic rings. The van der Waals surface area contributed by atoms with Gasteiger partial charge in [0, 0.05) is 17.4 Å². The minimum absolute atomic E-state index is 0.0287. The molecule has 0 radical (unpaired) electrons. The maximum atomic E-state index is 11.3. The monoisotopic (exact) mass is 269 g/mol. The summed E-state index contributed by atoms with van der Waals surface area (Å²) >= 11 is 10.8. The molecule has 1 aromatic carbocycles. The first-order chi connectivity index (χ1) is 6.86. The third-order valence-electron chi connectivity index (χ3n) is 1.66. The fraction of sp³-hybridized carbons (Fsp3) is 0.143. The predicted molar refractivity (Wildman–Crippen MR) is 58.6 cm³/mol. The number of methoxy groups -OCH3 is 1. The van der Waals surface area contributed by atoms with Gasteiger partial charge in [-0.1, -0.05) is 0 Å². The number of hydrogen-bond acceptors (Lipinski definition) is 4. The zero-order valence-corrected chi connectivity index (χ0v) is 9.92. The average molecular weight is 270 g/mol. The lowest BCUT2D eigenvalue weighted by atomic mass is 10.3. The largest absolute Gasteiger partial charge is 0.490 e. The van der Waals surface area contributed by atoms with E-state index in [-0.39, 0.29) is 16.7 Å². The zero-order chi connectivity index (χ0) is 11.6. The highest BCUT2D eigenvalue weighted by atomic mass is 35.9. The number of rotatable bonds is 3. The van der Waals surface area contributed by atoms with Gasteiger partial charge in [-0.15, -0.1) is 0 Å². The van der Waals surface area contributed by atoms with Crippen molar-refractivity contribution in [2.45, 2.75) is 0 Å². The molecule has 0 unspecified atom stereocenters. The Hall–Kier alpha value is -0.770. The number of nitro benzene ring substituents is 1. The van der Waals surface area contributed by atoms with Gasteiger partial charge in [-0.05, 0) is 28.5 Å². The summed E-state index contributed by atoms with van der Waals surface area (Å²) in [6, 6.07) is 3.58. The molecule has 0 fully saturated rings. The summed E-state index contributed by atoms with van der Waals surface area (Å²) in [5.74, 6) is -3.50. The van der Waals surface area contributed by atoms with E-state index in [0.717, 1.165) is 6.07 Å². The summed E-state index contributed by atoms with van der Waals surface area (Å²) < 4.78 is 16.0. The average Bonchev–Trinajstić information content (AvgIpc) is 2.15. The minimum atomic E-state index is -3.47. The van der Waals surface area contributed by atoms with Gasteiger partial charge in [-0.3, -0.25) is 14.7 Å². The molecule has 5 nitrogen and oxygen atoms in total. The van der Waals surface area contributed by atoms with Gasteiger partial charge in [0.2, 0.25) is 0 Å². The van der Waals surface area contributed by atoms with Gasteiger partial charge in [-0.25, -0.2) is 0 Å². The van der Waals surface area contributed by atoms with E-state index < -0.39 is 10.8 Å². The van der Waals surface area contributed by atoms with Crippen molar-refractivity contribution >= 4 is 39.3 Å². The second-order valence-corrected chi connectivity index (χ2v) is 7.39. The van der Waals surface area contributed by atoms with Gasteiger partial charge in [0.1, 0.15) is 0 Å². The molecule has 0 saturated heterocycles. The van der Waals surface area contributed by atoms with Crippen molar-refractivity contribution in [3.05, 3.63) is 28.3 Å². The Labute approximate surface area is 95.0 Å². The van der Waals surface area contributed by atoms with Crippen LogP contribution in [0.4, 0.5) is 5.69 Å². The van der Waals surface area contributed by atoms with Crippen LogP contribution in [-0.2, 0) is 4.57 Å². The van der Waals surface area contributed by atoms with Crippen LogP contribution in [-0.4, -0.2) is 12.0 Å². The highest BCUT2D eigenvalue weighted by molar-refractivity contribution is 8.13. The molecule has 0 aliphatic carbocycles. The van der Waals surface area contributed by atoms with Crippen molar-refractivity contribution in [2.24, 2.45) is 0 Å². The Balaban J connectivity index is 3.32. The number of hydrogen-bond donors (Lipinski definition) is 0. The Morgan fingerprint density at radius 2 is 2.07 bits per heavy atom. The lowest BCUT2D eigenvalue weighted by Gasteiger charge is -2.05. The van der Waals surface area contributed by atoms with Crippen LogP contribution < -0.4 is 10.0 Å². The van der Waals surface area contributed by atoms with Crippen LogP contribution in [0.1, 0.15) is 0 Å². The van der Waals surface area contributed by atoms with Gasteiger partial charge >= 0.3 is 5.69 Å². The Morgan fingerprint density at radius 3 is 2.47 bits per heavy atom. The van der Waals surface area contributed by atoms with Crippen molar-refractivity contribution in [3.8, 4) is 5.75 Å².